The third-order valence-electron chi connectivity index (χ3n) is 4.72. The Labute approximate surface area is 167 Å². The van der Waals surface area contributed by atoms with Crippen molar-refractivity contribution in [3.8, 4) is 11.5 Å². The number of rotatable bonds is 1. The van der Waals surface area contributed by atoms with Crippen LogP contribution in [0.4, 0.5) is 0 Å². The number of para-hydroxylation sites is 2. The van der Waals surface area contributed by atoms with Crippen molar-refractivity contribution in [3.63, 3.8) is 0 Å². The van der Waals surface area contributed by atoms with Crippen LogP contribution in [0.2, 0.25) is 0 Å². The maximum absolute atomic E-state index is 6.05. The van der Waals surface area contributed by atoms with Gasteiger partial charge in [-0.3, -0.25) is 0 Å². The van der Waals surface area contributed by atoms with Gasteiger partial charge in [0, 0.05) is 57.5 Å². The standard InChI is InChI=1S/C22H31N3O3/c1-26-20-16-27-21-8-4-2-6-18(21)14-24-12-10-23-11-13-25-15-19-7-3-5-9-22(19)28-17-20/h2-9,20,23-25H,10-17H2,1H3. The zero-order chi connectivity index (χ0) is 19.4. The number of ether oxygens (including phenoxy) is 3. The molecule has 0 saturated heterocycles. The Morgan fingerprint density at radius 2 is 1.18 bits per heavy atom. The van der Waals surface area contributed by atoms with E-state index in [-0.39, 0.29) is 6.10 Å². The van der Waals surface area contributed by atoms with Crippen molar-refractivity contribution in [2.24, 2.45) is 0 Å². The summed E-state index contributed by atoms with van der Waals surface area (Å²) in [5.74, 6) is 1.77. The number of nitrogens with one attached hydrogen (secondary N) is 3. The number of methoxy groups -OCH3 is 1. The van der Waals surface area contributed by atoms with Crippen molar-refractivity contribution >= 4 is 0 Å². The summed E-state index contributed by atoms with van der Waals surface area (Å²) < 4.78 is 17.7. The summed E-state index contributed by atoms with van der Waals surface area (Å²) in [5, 5.41) is 10.4. The van der Waals surface area contributed by atoms with Crippen molar-refractivity contribution in [1.82, 2.24) is 16.0 Å². The molecule has 0 aliphatic carbocycles. The van der Waals surface area contributed by atoms with Crippen molar-refractivity contribution in [2.45, 2.75) is 19.2 Å². The average Bonchev–Trinajstić information content (AvgIpc) is 2.73. The fraction of sp³-hybridized carbons (Fsp3) is 0.455. The molecule has 1 aliphatic heterocycles. The van der Waals surface area contributed by atoms with Gasteiger partial charge >= 0.3 is 0 Å². The molecule has 0 spiro atoms. The molecule has 0 aromatic heterocycles. The lowest BCUT2D eigenvalue weighted by Gasteiger charge is -2.20. The Balaban J connectivity index is 1.68. The van der Waals surface area contributed by atoms with Crippen LogP contribution in [0.25, 0.3) is 0 Å². The van der Waals surface area contributed by atoms with Crippen LogP contribution in [0.1, 0.15) is 11.1 Å². The summed E-state index contributed by atoms with van der Waals surface area (Å²) in [4.78, 5) is 0. The van der Waals surface area contributed by atoms with E-state index in [1.165, 1.54) is 0 Å². The minimum Gasteiger partial charge on any atom is -0.490 e. The highest BCUT2D eigenvalue weighted by atomic mass is 16.6. The zero-order valence-electron chi connectivity index (χ0n) is 16.6. The molecule has 6 nitrogen and oxygen atoms in total. The predicted molar refractivity (Wildman–Crippen MR) is 111 cm³/mol. The van der Waals surface area contributed by atoms with Crippen LogP contribution in [-0.4, -0.2) is 52.6 Å². The molecule has 0 atom stereocenters. The predicted octanol–water partition coefficient (Wildman–Crippen LogP) is 1.94. The van der Waals surface area contributed by atoms with E-state index in [2.05, 4.69) is 28.1 Å². The van der Waals surface area contributed by atoms with Gasteiger partial charge in [-0.15, -0.1) is 0 Å². The van der Waals surface area contributed by atoms with Crippen molar-refractivity contribution in [3.05, 3.63) is 59.7 Å². The van der Waals surface area contributed by atoms with Crippen LogP contribution >= 0.6 is 0 Å². The molecular weight excluding hydrogens is 354 g/mol. The quantitative estimate of drug-likeness (QED) is 0.697. The molecule has 0 saturated carbocycles. The second-order valence-electron chi connectivity index (χ2n) is 6.80. The van der Waals surface area contributed by atoms with Crippen molar-refractivity contribution in [2.75, 3.05) is 46.5 Å². The molecule has 0 amide bonds. The molecule has 2 aromatic carbocycles. The third-order valence-corrected chi connectivity index (χ3v) is 4.72. The summed E-state index contributed by atoms with van der Waals surface area (Å²) in [6.07, 6.45) is -0.148. The van der Waals surface area contributed by atoms with Gasteiger partial charge in [0.1, 0.15) is 30.8 Å². The maximum Gasteiger partial charge on any atom is 0.125 e. The first-order valence-corrected chi connectivity index (χ1v) is 9.93. The van der Waals surface area contributed by atoms with Crippen LogP contribution in [0, 0.1) is 0 Å². The normalized spacial score (nSPS) is 17.9. The molecule has 2 aromatic rings. The van der Waals surface area contributed by atoms with Crippen molar-refractivity contribution < 1.29 is 14.2 Å². The highest BCUT2D eigenvalue weighted by Crippen LogP contribution is 2.20. The zero-order valence-corrected chi connectivity index (χ0v) is 16.6. The highest BCUT2D eigenvalue weighted by Gasteiger charge is 2.13. The third kappa shape index (κ3) is 6.49. The van der Waals surface area contributed by atoms with E-state index >= 15 is 0 Å². The molecular formula is C22H31N3O3. The summed E-state index contributed by atoms with van der Waals surface area (Å²) in [5.41, 5.74) is 2.29. The first-order valence-electron chi connectivity index (χ1n) is 9.93. The van der Waals surface area contributed by atoms with Gasteiger partial charge in [0.2, 0.25) is 0 Å². The lowest BCUT2D eigenvalue weighted by atomic mass is 10.2. The number of fused-ring (bicyclic) bond motifs is 2. The Hall–Kier alpha value is -2.12. The molecule has 1 aliphatic rings. The highest BCUT2D eigenvalue weighted by molar-refractivity contribution is 5.34. The first-order chi connectivity index (χ1) is 13.9. The molecule has 28 heavy (non-hydrogen) atoms. The Morgan fingerprint density at radius 1 is 0.714 bits per heavy atom. The SMILES string of the molecule is COC1COc2ccccc2CNCCNCCNCc2ccccc2OC1. The van der Waals surface area contributed by atoms with E-state index < -0.39 is 0 Å². The van der Waals surface area contributed by atoms with E-state index in [9.17, 15) is 0 Å². The fourth-order valence-corrected chi connectivity index (χ4v) is 3.06. The first kappa shape index (κ1) is 20.6. The van der Waals surface area contributed by atoms with Crippen LogP contribution in [-0.2, 0) is 17.8 Å². The number of benzene rings is 2. The molecule has 3 rings (SSSR count). The van der Waals surface area contributed by atoms with Gasteiger partial charge in [0.15, 0.2) is 0 Å². The fourth-order valence-electron chi connectivity index (χ4n) is 3.06. The molecule has 1 heterocycles. The molecule has 0 bridgehead atoms. The molecule has 3 N–H and O–H groups in total. The monoisotopic (exact) mass is 385 g/mol. The topological polar surface area (TPSA) is 63.8 Å². The van der Waals surface area contributed by atoms with E-state index in [1.807, 2.05) is 36.4 Å². The summed E-state index contributed by atoms with van der Waals surface area (Å²) in [6.45, 7) is 6.10. The Bertz CT molecular complexity index is 653. The van der Waals surface area contributed by atoms with E-state index in [0.717, 1.165) is 61.9 Å². The van der Waals surface area contributed by atoms with Gasteiger partial charge < -0.3 is 30.2 Å². The van der Waals surface area contributed by atoms with Crippen LogP contribution < -0.4 is 25.4 Å². The minimum absolute atomic E-state index is 0.148. The Morgan fingerprint density at radius 3 is 1.68 bits per heavy atom. The van der Waals surface area contributed by atoms with Gasteiger partial charge in [-0.2, -0.15) is 0 Å². The summed E-state index contributed by atoms with van der Waals surface area (Å²) in [6, 6.07) is 16.2. The smallest absolute Gasteiger partial charge is 0.125 e. The maximum atomic E-state index is 6.05. The van der Waals surface area contributed by atoms with Gasteiger partial charge in [0.05, 0.1) is 0 Å². The minimum atomic E-state index is -0.148. The summed E-state index contributed by atoms with van der Waals surface area (Å²) in [7, 11) is 1.69. The molecule has 0 radical (unpaired) electrons. The van der Waals surface area contributed by atoms with Gasteiger partial charge in [0.25, 0.3) is 0 Å². The van der Waals surface area contributed by atoms with Crippen LogP contribution in [0.15, 0.2) is 48.5 Å². The van der Waals surface area contributed by atoms with E-state index in [0.29, 0.717) is 13.2 Å². The van der Waals surface area contributed by atoms with Gasteiger partial charge in [-0.1, -0.05) is 36.4 Å². The molecule has 0 unspecified atom stereocenters. The van der Waals surface area contributed by atoms with Crippen LogP contribution in [0.3, 0.4) is 0 Å². The van der Waals surface area contributed by atoms with E-state index in [4.69, 9.17) is 14.2 Å². The van der Waals surface area contributed by atoms with Crippen LogP contribution in [0.5, 0.6) is 11.5 Å². The second kappa shape index (κ2) is 11.7. The van der Waals surface area contributed by atoms with E-state index in [1.54, 1.807) is 7.11 Å². The lowest BCUT2D eigenvalue weighted by Crippen LogP contribution is -2.33. The number of hydrogen-bond donors (Lipinski definition) is 3. The molecule has 6 heteroatoms. The molecule has 0 fully saturated rings. The molecule has 152 valence electrons. The average molecular weight is 386 g/mol. The van der Waals surface area contributed by atoms with Gasteiger partial charge in [-0.05, 0) is 12.1 Å². The summed E-state index contributed by atoms with van der Waals surface area (Å²) >= 11 is 0. The Kier molecular flexibility index (Phi) is 8.58. The lowest BCUT2D eigenvalue weighted by molar-refractivity contribution is 0.0232. The second-order valence-corrected chi connectivity index (χ2v) is 6.80. The van der Waals surface area contributed by atoms with Gasteiger partial charge in [-0.25, -0.2) is 0 Å². The largest absolute Gasteiger partial charge is 0.490 e. The van der Waals surface area contributed by atoms with Crippen molar-refractivity contribution in [1.29, 1.82) is 0 Å². The number of hydrogen-bond acceptors (Lipinski definition) is 6.